The maximum absolute atomic E-state index is 9.97. The van der Waals surface area contributed by atoms with Crippen LogP contribution < -0.4 is 10.1 Å². The molecule has 0 saturated carbocycles. The van der Waals surface area contributed by atoms with Crippen molar-refractivity contribution in [2.45, 2.75) is 0 Å². The average Bonchev–Trinajstić information content (AvgIpc) is 2.06. The number of hydrogen-bond donors (Lipinski definition) is 0. The van der Waals surface area contributed by atoms with Crippen LogP contribution in [0.2, 0.25) is 0 Å². The Kier molecular flexibility index (Phi) is 2.49. The van der Waals surface area contributed by atoms with Gasteiger partial charge in [-0.25, -0.2) is 5.32 Å². The lowest BCUT2D eigenvalue weighted by molar-refractivity contribution is -0.108. The van der Waals surface area contributed by atoms with Crippen molar-refractivity contribution in [1.82, 2.24) is 5.32 Å². The summed E-state index contributed by atoms with van der Waals surface area (Å²) in [5, 5.41) is 3.55. The molecule has 57 valence electrons. The zero-order valence-corrected chi connectivity index (χ0v) is 6.15. The SMILES string of the molecule is COc1cccc([N]C=O)c1. The first-order chi connectivity index (χ1) is 5.36. The normalized spacial score (nSPS) is 8.82. The van der Waals surface area contributed by atoms with E-state index in [1.807, 2.05) is 0 Å². The maximum Gasteiger partial charge on any atom is 0.233 e. The van der Waals surface area contributed by atoms with E-state index in [4.69, 9.17) is 4.74 Å². The third-order valence-electron chi connectivity index (χ3n) is 1.26. The Bertz CT molecular complexity index is 248. The fraction of sp³-hybridized carbons (Fsp3) is 0.125. The minimum absolute atomic E-state index is 0.509. The number of benzene rings is 1. The molecule has 0 aromatic heterocycles. The van der Waals surface area contributed by atoms with Gasteiger partial charge in [0.05, 0.1) is 12.8 Å². The summed E-state index contributed by atoms with van der Waals surface area (Å²) >= 11 is 0. The second-order valence-electron chi connectivity index (χ2n) is 1.94. The maximum atomic E-state index is 9.97. The van der Waals surface area contributed by atoms with E-state index in [1.54, 1.807) is 31.4 Å². The van der Waals surface area contributed by atoms with Crippen molar-refractivity contribution in [2.75, 3.05) is 7.11 Å². The highest BCUT2D eigenvalue weighted by Gasteiger charge is 1.93. The third-order valence-corrected chi connectivity index (χ3v) is 1.26. The summed E-state index contributed by atoms with van der Waals surface area (Å²) in [6, 6.07) is 7.00. The smallest absolute Gasteiger partial charge is 0.233 e. The predicted octanol–water partition coefficient (Wildman–Crippen LogP) is 1.09. The molecule has 11 heavy (non-hydrogen) atoms. The van der Waals surface area contributed by atoms with Crippen molar-refractivity contribution in [3.05, 3.63) is 24.3 Å². The fourth-order valence-corrected chi connectivity index (χ4v) is 0.752. The lowest BCUT2D eigenvalue weighted by Crippen LogP contribution is -1.92. The molecule has 0 saturated heterocycles. The van der Waals surface area contributed by atoms with Gasteiger partial charge in [-0.2, -0.15) is 0 Å². The molecule has 0 spiro atoms. The summed E-state index contributed by atoms with van der Waals surface area (Å²) in [7, 11) is 1.57. The molecule has 0 bridgehead atoms. The largest absolute Gasteiger partial charge is 0.497 e. The van der Waals surface area contributed by atoms with Crippen LogP contribution >= 0.6 is 0 Å². The van der Waals surface area contributed by atoms with Crippen molar-refractivity contribution in [3.8, 4) is 5.75 Å². The molecule has 1 aromatic carbocycles. The summed E-state index contributed by atoms with van der Waals surface area (Å²) < 4.78 is 4.93. The highest BCUT2D eigenvalue weighted by molar-refractivity contribution is 5.59. The number of carbonyl (C=O) groups excluding carboxylic acids is 1. The van der Waals surface area contributed by atoms with Gasteiger partial charge in [0.1, 0.15) is 5.75 Å². The quantitative estimate of drug-likeness (QED) is 0.605. The van der Waals surface area contributed by atoms with Gasteiger partial charge in [0.2, 0.25) is 6.41 Å². The van der Waals surface area contributed by atoms with Crippen LogP contribution in [0.5, 0.6) is 5.75 Å². The van der Waals surface area contributed by atoms with Crippen molar-refractivity contribution in [1.29, 1.82) is 0 Å². The van der Waals surface area contributed by atoms with Gasteiger partial charge in [-0.05, 0) is 12.1 Å². The fourth-order valence-electron chi connectivity index (χ4n) is 0.752. The predicted molar refractivity (Wildman–Crippen MR) is 40.9 cm³/mol. The minimum atomic E-state index is 0.509. The first-order valence-electron chi connectivity index (χ1n) is 3.15. The van der Waals surface area contributed by atoms with Crippen molar-refractivity contribution >= 4 is 12.1 Å². The molecule has 0 aliphatic heterocycles. The van der Waals surface area contributed by atoms with Gasteiger partial charge < -0.3 is 4.74 Å². The molecule has 0 unspecified atom stereocenters. The highest BCUT2D eigenvalue weighted by Crippen LogP contribution is 2.15. The summed E-state index contributed by atoms with van der Waals surface area (Å²) in [6.45, 7) is 0. The number of carbonyl (C=O) groups is 1. The molecule has 0 heterocycles. The number of nitrogens with zero attached hydrogens (tertiary/aromatic N) is 1. The number of ether oxygens (including phenoxy) is 1. The molecule has 0 aliphatic carbocycles. The number of amides is 1. The van der Waals surface area contributed by atoms with Gasteiger partial charge >= 0.3 is 0 Å². The molecule has 0 atom stereocenters. The first-order valence-corrected chi connectivity index (χ1v) is 3.15. The van der Waals surface area contributed by atoms with Gasteiger partial charge in [-0.1, -0.05) is 6.07 Å². The number of methoxy groups -OCH3 is 1. The molecule has 1 aromatic rings. The van der Waals surface area contributed by atoms with Gasteiger partial charge in [0, 0.05) is 6.07 Å². The van der Waals surface area contributed by atoms with Crippen LogP contribution in [-0.2, 0) is 4.79 Å². The van der Waals surface area contributed by atoms with E-state index >= 15 is 0 Å². The zero-order valence-electron chi connectivity index (χ0n) is 6.15. The van der Waals surface area contributed by atoms with Crippen LogP contribution in [0.1, 0.15) is 0 Å². The van der Waals surface area contributed by atoms with Crippen LogP contribution in [0.15, 0.2) is 24.3 Å². The van der Waals surface area contributed by atoms with Crippen LogP contribution in [0, 0.1) is 0 Å². The van der Waals surface area contributed by atoms with E-state index in [9.17, 15) is 4.79 Å². The molecule has 0 N–H and O–H groups in total. The highest BCUT2D eigenvalue weighted by atomic mass is 16.5. The Morgan fingerprint density at radius 2 is 2.36 bits per heavy atom. The van der Waals surface area contributed by atoms with Crippen LogP contribution in [0.25, 0.3) is 0 Å². The van der Waals surface area contributed by atoms with E-state index in [1.165, 1.54) is 0 Å². The molecule has 0 aliphatic rings. The van der Waals surface area contributed by atoms with Gasteiger partial charge in [0.25, 0.3) is 0 Å². The van der Waals surface area contributed by atoms with E-state index in [0.717, 1.165) is 0 Å². The van der Waals surface area contributed by atoms with E-state index in [2.05, 4.69) is 5.32 Å². The minimum Gasteiger partial charge on any atom is -0.497 e. The Labute approximate surface area is 65.0 Å². The summed E-state index contributed by atoms with van der Waals surface area (Å²) in [4.78, 5) is 9.97. The van der Waals surface area contributed by atoms with Crippen LogP contribution in [-0.4, -0.2) is 13.5 Å². The van der Waals surface area contributed by atoms with Crippen LogP contribution in [0.4, 0.5) is 5.69 Å². The van der Waals surface area contributed by atoms with Gasteiger partial charge in [0.15, 0.2) is 0 Å². The monoisotopic (exact) mass is 150 g/mol. The standard InChI is InChI=1S/C8H8NO2/c1-11-8-4-2-3-7(5-8)9-6-10/h2-6H,1H3. The van der Waals surface area contributed by atoms with Gasteiger partial charge in [-0.15, -0.1) is 0 Å². The first kappa shape index (κ1) is 7.60. The summed E-state index contributed by atoms with van der Waals surface area (Å²) in [6.07, 6.45) is 0.509. The zero-order chi connectivity index (χ0) is 8.10. The summed E-state index contributed by atoms with van der Waals surface area (Å²) in [5.41, 5.74) is 0.611. The molecular formula is C8H8NO2. The lowest BCUT2D eigenvalue weighted by Gasteiger charge is -1.99. The third kappa shape index (κ3) is 1.97. The Hall–Kier alpha value is -1.51. The Morgan fingerprint density at radius 1 is 1.55 bits per heavy atom. The van der Waals surface area contributed by atoms with E-state index in [-0.39, 0.29) is 0 Å². The van der Waals surface area contributed by atoms with Crippen molar-refractivity contribution < 1.29 is 9.53 Å². The van der Waals surface area contributed by atoms with Crippen LogP contribution in [0.3, 0.4) is 0 Å². The number of rotatable bonds is 3. The Balaban J connectivity index is 2.82. The lowest BCUT2D eigenvalue weighted by atomic mass is 10.3. The summed E-state index contributed by atoms with van der Waals surface area (Å²) in [5.74, 6) is 0.702. The van der Waals surface area contributed by atoms with Gasteiger partial charge in [-0.3, -0.25) is 4.79 Å². The molecule has 1 amide bonds. The second-order valence-corrected chi connectivity index (χ2v) is 1.94. The molecule has 3 nitrogen and oxygen atoms in total. The molecular weight excluding hydrogens is 142 g/mol. The van der Waals surface area contributed by atoms with E-state index in [0.29, 0.717) is 17.8 Å². The second kappa shape index (κ2) is 3.61. The average molecular weight is 150 g/mol. The molecule has 3 heteroatoms. The topological polar surface area (TPSA) is 40.4 Å². The Morgan fingerprint density at radius 3 is 3.00 bits per heavy atom. The molecule has 1 rings (SSSR count). The van der Waals surface area contributed by atoms with E-state index < -0.39 is 0 Å². The molecule has 1 radical (unpaired) electrons. The number of hydrogen-bond acceptors (Lipinski definition) is 2. The van der Waals surface area contributed by atoms with Crippen molar-refractivity contribution in [3.63, 3.8) is 0 Å². The molecule has 0 fully saturated rings. The van der Waals surface area contributed by atoms with Crippen molar-refractivity contribution in [2.24, 2.45) is 0 Å².